The van der Waals surface area contributed by atoms with Crippen molar-refractivity contribution in [3.63, 3.8) is 0 Å². The number of carbonyl (C=O) groups is 1. The summed E-state index contributed by atoms with van der Waals surface area (Å²) in [5.74, 6) is 3.89. The standard InChI is InChI=1S/C20H26N2O4/c1-21(20-15-9-13-8-14(11-15)12-16(20)10-13)19(23)6-7-26-18-4-2-17(3-5-18)22(24)25/h2-5,13-16,20H,6-12H2,1H3. The summed E-state index contributed by atoms with van der Waals surface area (Å²) in [7, 11) is 1.96. The normalized spacial score (nSPS) is 31.7. The number of amides is 1. The van der Waals surface area contributed by atoms with Gasteiger partial charge >= 0.3 is 0 Å². The Hall–Kier alpha value is -2.11. The van der Waals surface area contributed by atoms with Crippen molar-refractivity contribution in [2.75, 3.05) is 13.7 Å². The van der Waals surface area contributed by atoms with Crippen molar-refractivity contribution in [2.24, 2.45) is 23.7 Å². The van der Waals surface area contributed by atoms with Crippen molar-refractivity contribution in [3.8, 4) is 5.75 Å². The summed E-state index contributed by atoms with van der Waals surface area (Å²) in [5, 5.41) is 10.7. The first-order valence-electron chi connectivity index (χ1n) is 9.64. The molecule has 4 fully saturated rings. The molecule has 1 amide bonds. The van der Waals surface area contributed by atoms with E-state index in [1.807, 2.05) is 11.9 Å². The third kappa shape index (κ3) is 3.29. The van der Waals surface area contributed by atoms with Crippen molar-refractivity contribution >= 4 is 11.6 Å². The van der Waals surface area contributed by atoms with Crippen LogP contribution in [0.25, 0.3) is 0 Å². The van der Waals surface area contributed by atoms with Crippen LogP contribution in [0.4, 0.5) is 5.69 Å². The van der Waals surface area contributed by atoms with Gasteiger partial charge in [-0.05, 0) is 67.9 Å². The van der Waals surface area contributed by atoms with Crippen molar-refractivity contribution < 1.29 is 14.5 Å². The van der Waals surface area contributed by atoms with Gasteiger partial charge in [-0.25, -0.2) is 0 Å². The molecular formula is C20H26N2O4. The van der Waals surface area contributed by atoms with Crippen LogP contribution in [0.5, 0.6) is 5.75 Å². The van der Waals surface area contributed by atoms with E-state index in [1.165, 1.54) is 44.2 Å². The van der Waals surface area contributed by atoms with Gasteiger partial charge in [-0.1, -0.05) is 0 Å². The molecule has 6 heteroatoms. The number of hydrogen-bond acceptors (Lipinski definition) is 4. The number of rotatable bonds is 6. The number of hydrogen-bond donors (Lipinski definition) is 0. The molecule has 140 valence electrons. The Balaban J connectivity index is 1.29. The van der Waals surface area contributed by atoms with E-state index in [2.05, 4.69) is 0 Å². The van der Waals surface area contributed by atoms with Gasteiger partial charge < -0.3 is 9.64 Å². The monoisotopic (exact) mass is 358 g/mol. The molecule has 0 saturated heterocycles. The lowest BCUT2D eigenvalue weighted by atomic mass is 9.54. The lowest BCUT2D eigenvalue weighted by Crippen LogP contribution is -2.56. The molecule has 4 aliphatic carbocycles. The number of ether oxygens (including phenoxy) is 1. The summed E-state index contributed by atoms with van der Waals surface area (Å²) in [5.41, 5.74) is 0.0371. The summed E-state index contributed by atoms with van der Waals surface area (Å²) >= 11 is 0. The van der Waals surface area contributed by atoms with Crippen LogP contribution in [0.2, 0.25) is 0 Å². The zero-order valence-corrected chi connectivity index (χ0v) is 15.2. The van der Waals surface area contributed by atoms with E-state index < -0.39 is 4.92 Å². The summed E-state index contributed by atoms with van der Waals surface area (Å²) in [6.07, 6.45) is 6.96. The first-order chi connectivity index (χ1) is 12.5. The number of nitrogens with zero attached hydrogens (tertiary/aromatic N) is 2. The van der Waals surface area contributed by atoms with Crippen LogP contribution < -0.4 is 4.74 Å². The Morgan fingerprint density at radius 1 is 1.12 bits per heavy atom. The number of non-ortho nitro benzene ring substituents is 1. The maximum atomic E-state index is 12.7. The fourth-order valence-corrected chi connectivity index (χ4v) is 5.79. The Morgan fingerprint density at radius 3 is 2.23 bits per heavy atom. The Kier molecular flexibility index (Phi) is 4.59. The summed E-state index contributed by atoms with van der Waals surface area (Å²) < 4.78 is 5.60. The quantitative estimate of drug-likeness (QED) is 0.575. The highest BCUT2D eigenvalue weighted by Gasteiger charge is 2.50. The molecule has 0 N–H and O–H groups in total. The van der Waals surface area contributed by atoms with Gasteiger partial charge in [0.1, 0.15) is 5.75 Å². The van der Waals surface area contributed by atoms with E-state index in [-0.39, 0.29) is 11.6 Å². The van der Waals surface area contributed by atoms with Crippen LogP contribution in [-0.2, 0) is 4.79 Å². The van der Waals surface area contributed by atoms with E-state index in [1.54, 1.807) is 12.1 Å². The lowest BCUT2D eigenvalue weighted by Gasteiger charge is -2.56. The van der Waals surface area contributed by atoms with Crippen LogP contribution in [0.3, 0.4) is 0 Å². The Labute approximate surface area is 153 Å². The van der Waals surface area contributed by atoms with Crippen LogP contribution in [0, 0.1) is 33.8 Å². The zero-order chi connectivity index (χ0) is 18.3. The smallest absolute Gasteiger partial charge is 0.269 e. The second-order valence-corrected chi connectivity index (χ2v) is 8.28. The SMILES string of the molecule is CN(C(=O)CCOc1ccc([N+](=O)[O-])cc1)C1C2CC3CC(C2)CC1C3. The predicted molar refractivity (Wildman–Crippen MR) is 96.8 cm³/mol. The molecule has 0 aliphatic heterocycles. The van der Waals surface area contributed by atoms with Crippen LogP contribution in [0.1, 0.15) is 38.5 Å². The summed E-state index contributed by atoms with van der Waals surface area (Å²) in [6, 6.07) is 6.39. The number of nitro benzene ring substituents is 1. The van der Waals surface area contributed by atoms with Crippen LogP contribution in [0.15, 0.2) is 24.3 Å². The van der Waals surface area contributed by atoms with Crippen LogP contribution in [-0.4, -0.2) is 35.4 Å². The maximum Gasteiger partial charge on any atom is 0.269 e. The molecule has 4 saturated carbocycles. The summed E-state index contributed by atoms with van der Waals surface area (Å²) in [4.78, 5) is 24.9. The molecule has 0 heterocycles. The lowest BCUT2D eigenvalue weighted by molar-refractivity contribution is -0.384. The minimum absolute atomic E-state index is 0.0371. The minimum atomic E-state index is -0.437. The van der Waals surface area contributed by atoms with Crippen LogP contribution >= 0.6 is 0 Å². The Morgan fingerprint density at radius 2 is 1.69 bits per heavy atom. The van der Waals surface area contributed by atoms with Gasteiger partial charge in [0, 0.05) is 25.2 Å². The fraction of sp³-hybridized carbons (Fsp3) is 0.650. The third-order valence-corrected chi connectivity index (χ3v) is 6.65. The van der Waals surface area contributed by atoms with E-state index in [4.69, 9.17) is 4.74 Å². The minimum Gasteiger partial charge on any atom is -0.493 e. The molecule has 6 nitrogen and oxygen atoms in total. The average molecular weight is 358 g/mol. The average Bonchev–Trinajstić information content (AvgIpc) is 2.61. The molecule has 26 heavy (non-hydrogen) atoms. The van der Waals surface area contributed by atoms with Crippen molar-refractivity contribution in [2.45, 2.75) is 44.6 Å². The zero-order valence-electron chi connectivity index (χ0n) is 15.2. The van der Waals surface area contributed by atoms with Gasteiger partial charge in [0.05, 0.1) is 18.0 Å². The molecular weight excluding hydrogens is 332 g/mol. The molecule has 0 aromatic heterocycles. The maximum absolute atomic E-state index is 12.7. The van der Waals surface area contributed by atoms with Gasteiger partial charge in [0.15, 0.2) is 0 Å². The highest BCUT2D eigenvalue weighted by Crippen LogP contribution is 2.54. The van der Waals surface area contributed by atoms with Gasteiger partial charge in [-0.3, -0.25) is 14.9 Å². The highest BCUT2D eigenvalue weighted by atomic mass is 16.6. The molecule has 0 spiro atoms. The van der Waals surface area contributed by atoms with Gasteiger partial charge in [-0.2, -0.15) is 0 Å². The van der Waals surface area contributed by atoms with E-state index in [0.29, 0.717) is 36.7 Å². The first kappa shape index (κ1) is 17.3. The molecule has 1 aromatic carbocycles. The second-order valence-electron chi connectivity index (χ2n) is 8.28. The topological polar surface area (TPSA) is 72.7 Å². The second kappa shape index (κ2) is 6.89. The van der Waals surface area contributed by atoms with Gasteiger partial charge in [0.25, 0.3) is 5.69 Å². The largest absolute Gasteiger partial charge is 0.493 e. The molecule has 0 radical (unpaired) electrons. The highest BCUT2D eigenvalue weighted by molar-refractivity contribution is 5.76. The first-order valence-corrected chi connectivity index (χ1v) is 9.64. The fourth-order valence-electron chi connectivity index (χ4n) is 5.79. The molecule has 4 bridgehead atoms. The third-order valence-electron chi connectivity index (χ3n) is 6.65. The van der Waals surface area contributed by atoms with Gasteiger partial charge in [-0.15, -0.1) is 0 Å². The number of benzene rings is 1. The number of nitro groups is 1. The molecule has 0 atom stereocenters. The number of carbonyl (C=O) groups excluding carboxylic acids is 1. The predicted octanol–water partition coefficient (Wildman–Crippen LogP) is 3.65. The van der Waals surface area contributed by atoms with Gasteiger partial charge in [0.2, 0.25) is 5.91 Å². The molecule has 0 unspecified atom stereocenters. The van der Waals surface area contributed by atoms with Crippen molar-refractivity contribution in [3.05, 3.63) is 34.4 Å². The van der Waals surface area contributed by atoms with E-state index in [9.17, 15) is 14.9 Å². The van der Waals surface area contributed by atoms with E-state index >= 15 is 0 Å². The molecule has 1 aromatic rings. The van der Waals surface area contributed by atoms with Crippen molar-refractivity contribution in [1.82, 2.24) is 4.90 Å². The summed E-state index contributed by atoms with van der Waals surface area (Å²) in [6.45, 7) is 0.300. The Bertz CT molecular complexity index is 660. The molecule has 4 aliphatic rings. The van der Waals surface area contributed by atoms with Crippen molar-refractivity contribution in [1.29, 1.82) is 0 Å². The molecule has 5 rings (SSSR count). The van der Waals surface area contributed by atoms with E-state index in [0.717, 1.165) is 11.8 Å².